The van der Waals surface area contributed by atoms with E-state index in [1.54, 1.807) is 36.4 Å². The molecule has 1 heterocycles. The highest BCUT2D eigenvalue weighted by Crippen LogP contribution is 2.32. The number of sulfonamides is 1. The number of hydrogen-bond acceptors (Lipinski definition) is 7. The topological polar surface area (TPSA) is 97.6 Å². The molecule has 0 aliphatic carbocycles. The van der Waals surface area contributed by atoms with Crippen molar-refractivity contribution in [2.45, 2.75) is 4.90 Å². The number of ether oxygens (including phenoxy) is 2. The molecule has 4 rings (SSSR count). The minimum absolute atomic E-state index is 0.0341. The number of nitrogens with zero attached hydrogens (tertiary/aromatic N) is 3. The average Bonchev–Trinajstić information content (AvgIpc) is 3.09. The lowest BCUT2D eigenvalue weighted by molar-refractivity contribution is 0.0724. The van der Waals surface area contributed by atoms with Crippen LogP contribution >= 0.6 is 0 Å². The molecule has 10 heteroatoms. The van der Waals surface area contributed by atoms with Crippen LogP contribution in [0.1, 0.15) is 21.5 Å². The Kier molecular flexibility index (Phi) is 5.93. The molecular weight excluding hydrogens is 449 g/mol. The van der Waals surface area contributed by atoms with Gasteiger partial charge in [-0.25, -0.2) is 14.2 Å². The summed E-state index contributed by atoms with van der Waals surface area (Å²) in [6, 6.07) is 16.7. The molecule has 0 amide bonds. The van der Waals surface area contributed by atoms with E-state index in [0.29, 0.717) is 11.1 Å². The summed E-state index contributed by atoms with van der Waals surface area (Å²) in [7, 11) is -0.864. The van der Waals surface area contributed by atoms with E-state index in [9.17, 15) is 17.6 Å². The van der Waals surface area contributed by atoms with Gasteiger partial charge in [0.2, 0.25) is 0 Å². The maximum absolute atomic E-state index is 14.0. The van der Waals surface area contributed by atoms with Gasteiger partial charge in [-0.2, -0.15) is 13.5 Å². The summed E-state index contributed by atoms with van der Waals surface area (Å²) in [5.41, 5.74) is 0.542. The van der Waals surface area contributed by atoms with E-state index in [4.69, 9.17) is 9.47 Å². The lowest BCUT2D eigenvalue weighted by atomic mass is 10.2. The lowest BCUT2D eigenvalue weighted by Crippen LogP contribution is -2.21. The Labute approximate surface area is 189 Å². The fourth-order valence-corrected chi connectivity index (χ4v) is 4.43. The van der Waals surface area contributed by atoms with E-state index in [-0.39, 0.29) is 27.8 Å². The second-order valence-corrected chi connectivity index (χ2v) is 8.47. The molecule has 0 saturated carbocycles. The summed E-state index contributed by atoms with van der Waals surface area (Å²) in [5.74, 6) is -1.20. The van der Waals surface area contributed by atoms with Crippen LogP contribution in [0.5, 0.6) is 11.5 Å². The molecule has 0 atom stereocenters. The van der Waals surface area contributed by atoms with Gasteiger partial charge in [0.15, 0.2) is 17.3 Å². The monoisotopic (exact) mass is 467 g/mol. The normalized spacial score (nSPS) is 14.0. The first-order valence-electron chi connectivity index (χ1n) is 9.67. The van der Waals surface area contributed by atoms with Crippen LogP contribution in [0.4, 0.5) is 4.39 Å². The number of amidine groups is 1. The van der Waals surface area contributed by atoms with Crippen molar-refractivity contribution >= 4 is 28.0 Å². The molecule has 0 N–H and O–H groups in total. The smallest absolute Gasteiger partial charge is 0.346 e. The molecule has 0 saturated heterocycles. The lowest BCUT2D eigenvalue weighted by Gasteiger charge is -2.14. The van der Waals surface area contributed by atoms with Gasteiger partial charge in [0.25, 0.3) is 10.0 Å². The van der Waals surface area contributed by atoms with Crippen molar-refractivity contribution < 1.29 is 27.1 Å². The van der Waals surface area contributed by atoms with Crippen molar-refractivity contribution in [3.63, 3.8) is 0 Å². The molecule has 8 nitrogen and oxygen atoms in total. The third-order valence-corrected chi connectivity index (χ3v) is 6.13. The molecule has 168 valence electrons. The van der Waals surface area contributed by atoms with Crippen LogP contribution < -0.4 is 9.47 Å². The van der Waals surface area contributed by atoms with Crippen molar-refractivity contribution in [2.75, 3.05) is 14.2 Å². The van der Waals surface area contributed by atoms with Crippen LogP contribution in [-0.2, 0) is 10.0 Å². The van der Waals surface area contributed by atoms with Gasteiger partial charge in [0, 0.05) is 18.2 Å². The number of halogens is 1. The van der Waals surface area contributed by atoms with E-state index in [1.807, 2.05) is 0 Å². The Morgan fingerprint density at radius 3 is 2.55 bits per heavy atom. The molecule has 0 fully saturated rings. The van der Waals surface area contributed by atoms with Gasteiger partial charge < -0.3 is 9.47 Å². The van der Waals surface area contributed by atoms with Crippen molar-refractivity contribution in [3.05, 3.63) is 89.2 Å². The zero-order chi connectivity index (χ0) is 23.6. The summed E-state index contributed by atoms with van der Waals surface area (Å²) < 4.78 is 53.1. The van der Waals surface area contributed by atoms with Crippen LogP contribution in [-0.4, -0.2) is 45.6 Å². The van der Waals surface area contributed by atoms with Crippen LogP contribution in [0.3, 0.4) is 0 Å². The first kappa shape index (κ1) is 22.2. The first-order valence-corrected chi connectivity index (χ1v) is 11.1. The highest BCUT2D eigenvalue weighted by atomic mass is 32.2. The maximum atomic E-state index is 14.0. The van der Waals surface area contributed by atoms with Gasteiger partial charge in [0.05, 0.1) is 18.9 Å². The Hall–Kier alpha value is -4.05. The fraction of sp³-hybridized carbons (Fsp3) is 0.0870. The van der Waals surface area contributed by atoms with E-state index in [1.165, 1.54) is 49.6 Å². The summed E-state index contributed by atoms with van der Waals surface area (Å²) >= 11 is 0. The number of fused-ring (bicyclic) bond motifs is 1. The van der Waals surface area contributed by atoms with Crippen molar-refractivity contribution in [1.29, 1.82) is 0 Å². The standard InChI is InChI=1S/C23H18FN3O5S/c1-27(22-17-10-4-6-13-20(17)33(29,30)26-22)25-14-15-8-7-12-19(31-2)21(15)32-23(28)16-9-3-5-11-18(16)24/h3-14H,1-2H3/b25-14+. The van der Waals surface area contributed by atoms with Crippen molar-refractivity contribution in [3.8, 4) is 11.5 Å². The second kappa shape index (κ2) is 8.83. The van der Waals surface area contributed by atoms with Gasteiger partial charge >= 0.3 is 5.97 Å². The maximum Gasteiger partial charge on any atom is 0.346 e. The molecular formula is C23H18FN3O5S. The number of para-hydroxylation sites is 1. The second-order valence-electron chi connectivity index (χ2n) is 6.90. The van der Waals surface area contributed by atoms with Crippen molar-refractivity contribution in [2.24, 2.45) is 9.50 Å². The Morgan fingerprint density at radius 2 is 1.79 bits per heavy atom. The molecule has 0 spiro atoms. The highest BCUT2D eigenvalue weighted by Gasteiger charge is 2.30. The minimum atomic E-state index is -3.80. The zero-order valence-electron chi connectivity index (χ0n) is 17.6. The Bertz CT molecular complexity index is 1400. The Morgan fingerprint density at radius 1 is 1.06 bits per heavy atom. The fourth-order valence-electron chi connectivity index (χ4n) is 3.20. The Balaban J connectivity index is 1.65. The van der Waals surface area contributed by atoms with Gasteiger partial charge in [-0.3, -0.25) is 0 Å². The summed E-state index contributed by atoms with van der Waals surface area (Å²) in [6.45, 7) is 0. The number of rotatable bonds is 5. The zero-order valence-corrected chi connectivity index (χ0v) is 18.4. The molecule has 3 aromatic carbocycles. The summed E-state index contributed by atoms with van der Waals surface area (Å²) in [5, 5.41) is 5.56. The van der Waals surface area contributed by atoms with Crippen LogP contribution in [0.25, 0.3) is 0 Å². The molecule has 1 aliphatic rings. The summed E-state index contributed by atoms with van der Waals surface area (Å²) in [4.78, 5) is 12.7. The molecule has 3 aromatic rings. The number of carbonyl (C=O) groups excluding carboxylic acids is 1. The number of esters is 1. The third kappa shape index (κ3) is 4.33. The van der Waals surface area contributed by atoms with E-state index in [2.05, 4.69) is 9.50 Å². The van der Waals surface area contributed by atoms with Crippen LogP contribution in [0.2, 0.25) is 0 Å². The highest BCUT2D eigenvalue weighted by molar-refractivity contribution is 7.90. The number of hydrazone groups is 1. The quantitative estimate of drug-likeness (QED) is 0.247. The van der Waals surface area contributed by atoms with Gasteiger partial charge in [-0.05, 0) is 36.4 Å². The first-order chi connectivity index (χ1) is 15.8. The van der Waals surface area contributed by atoms with Crippen LogP contribution in [0, 0.1) is 5.82 Å². The molecule has 0 radical (unpaired) electrons. The third-order valence-electron chi connectivity index (χ3n) is 4.81. The largest absolute Gasteiger partial charge is 0.493 e. The summed E-state index contributed by atoms with van der Waals surface area (Å²) in [6.07, 6.45) is 1.36. The molecule has 0 unspecified atom stereocenters. The molecule has 1 aliphatic heterocycles. The van der Waals surface area contributed by atoms with E-state index < -0.39 is 21.8 Å². The van der Waals surface area contributed by atoms with Gasteiger partial charge in [-0.1, -0.05) is 30.3 Å². The minimum Gasteiger partial charge on any atom is -0.493 e. The predicted octanol–water partition coefficient (Wildman–Crippen LogP) is 3.47. The number of carbonyl (C=O) groups is 1. The van der Waals surface area contributed by atoms with Crippen LogP contribution in [0.15, 0.2) is 81.1 Å². The van der Waals surface area contributed by atoms with Crippen molar-refractivity contribution in [1.82, 2.24) is 5.01 Å². The van der Waals surface area contributed by atoms with Gasteiger partial charge in [0.1, 0.15) is 10.7 Å². The van der Waals surface area contributed by atoms with E-state index >= 15 is 0 Å². The predicted molar refractivity (Wildman–Crippen MR) is 120 cm³/mol. The number of hydrogen-bond donors (Lipinski definition) is 0. The molecule has 0 aromatic heterocycles. The molecule has 0 bridgehead atoms. The molecule has 33 heavy (non-hydrogen) atoms. The van der Waals surface area contributed by atoms with E-state index in [0.717, 1.165) is 6.07 Å². The SMILES string of the molecule is COc1cccc(/C=N/N(C)C2=NS(=O)(=O)c3ccccc32)c1OC(=O)c1ccccc1F. The van der Waals surface area contributed by atoms with Gasteiger partial charge in [-0.15, -0.1) is 4.40 Å². The average molecular weight is 467 g/mol. The number of methoxy groups -OCH3 is 1. The number of benzene rings is 3.